The van der Waals surface area contributed by atoms with Crippen molar-refractivity contribution in [3.05, 3.63) is 42.2 Å². The highest BCUT2D eigenvalue weighted by Gasteiger charge is 2.14. The average molecular weight is 261 g/mol. The normalized spacial score (nSPS) is 12.5. The van der Waals surface area contributed by atoms with Crippen LogP contribution in [0.1, 0.15) is 25.1 Å². The van der Waals surface area contributed by atoms with Gasteiger partial charge < -0.3 is 4.74 Å². The van der Waals surface area contributed by atoms with Crippen LogP contribution in [0.3, 0.4) is 0 Å². The molecule has 0 aliphatic heterocycles. The van der Waals surface area contributed by atoms with E-state index < -0.39 is 0 Å². The molecule has 1 unspecified atom stereocenters. The number of nitrogens with two attached hydrogens (primary N) is 1. The summed E-state index contributed by atoms with van der Waals surface area (Å²) >= 11 is 0. The first-order valence-electron chi connectivity index (χ1n) is 6.36. The fourth-order valence-electron chi connectivity index (χ4n) is 1.68. The molecule has 1 atom stereocenters. The third kappa shape index (κ3) is 3.60. The van der Waals surface area contributed by atoms with Gasteiger partial charge in [-0.2, -0.15) is 15.0 Å². The Labute approximate surface area is 112 Å². The maximum absolute atomic E-state index is 5.53. The molecular formula is C13H19N5O. The summed E-state index contributed by atoms with van der Waals surface area (Å²) in [6.07, 6.45) is 2.68. The van der Waals surface area contributed by atoms with E-state index in [-0.39, 0.29) is 6.04 Å². The summed E-state index contributed by atoms with van der Waals surface area (Å²) in [5.41, 5.74) is 4.38. The Kier molecular flexibility index (Phi) is 5.02. The van der Waals surface area contributed by atoms with Crippen molar-refractivity contribution in [3.63, 3.8) is 0 Å². The average Bonchev–Trinajstić information content (AvgIpc) is 2.94. The van der Waals surface area contributed by atoms with Crippen LogP contribution in [-0.2, 0) is 4.74 Å². The van der Waals surface area contributed by atoms with Gasteiger partial charge in [-0.05, 0) is 18.6 Å². The highest BCUT2D eigenvalue weighted by Crippen LogP contribution is 2.11. The summed E-state index contributed by atoms with van der Waals surface area (Å²) in [6.45, 7) is 3.26. The molecule has 1 aromatic heterocycles. The molecule has 0 aliphatic carbocycles. The summed E-state index contributed by atoms with van der Waals surface area (Å²) < 4.78 is 5.49. The van der Waals surface area contributed by atoms with Gasteiger partial charge in [-0.3, -0.25) is 5.84 Å². The van der Waals surface area contributed by atoms with E-state index in [0.717, 1.165) is 17.8 Å². The van der Waals surface area contributed by atoms with Gasteiger partial charge in [-0.25, -0.2) is 5.43 Å². The summed E-state index contributed by atoms with van der Waals surface area (Å²) in [6, 6.07) is 9.59. The lowest BCUT2D eigenvalue weighted by Gasteiger charge is -2.12. The van der Waals surface area contributed by atoms with E-state index in [2.05, 4.69) is 22.5 Å². The first kappa shape index (κ1) is 13.7. The molecule has 19 heavy (non-hydrogen) atoms. The standard InChI is InChI=1S/C13H19N5O/c1-2-8-19-10-13(16-14)12-9-15-18(17-12)11-6-4-3-5-7-11/h3-7,9,13,16H,2,8,10,14H2,1H3. The van der Waals surface area contributed by atoms with E-state index >= 15 is 0 Å². The van der Waals surface area contributed by atoms with Crippen molar-refractivity contribution in [1.29, 1.82) is 0 Å². The predicted molar refractivity (Wildman–Crippen MR) is 72.5 cm³/mol. The third-order valence-corrected chi connectivity index (χ3v) is 2.69. The van der Waals surface area contributed by atoms with Crippen LogP contribution in [0.25, 0.3) is 5.69 Å². The zero-order chi connectivity index (χ0) is 13.5. The number of hydrazine groups is 1. The van der Waals surface area contributed by atoms with Crippen molar-refractivity contribution in [2.24, 2.45) is 5.84 Å². The molecule has 0 radical (unpaired) electrons. The molecule has 6 nitrogen and oxygen atoms in total. The van der Waals surface area contributed by atoms with Gasteiger partial charge in [0, 0.05) is 6.61 Å². The van der Waals surface area contributed by atoms with E-state index in [1.165, 1.54) is 0 Å². The Morgan fingerprint density at radius 1 is 1.37 bits per heavy atom. The van der Waals surface area contributed by atoms with Gasteiger partial charge in [0.05, 0.1) is 24.5 Å². The van der Waals surface area contributed by atoms with E-state index in [9.17, 15) is 0 Å². The quantitative estimate of drug-likeness (QED) is 0.445. The fraction of sp³-hybridized carbons (Fsp3) is 0.385. The van der Waals surface area contributed by atoms with Gasteiger partial charge >= 0.3 is 0 Å². The molecule has 102 valence electrons. The second-order valence-corrected chi connectivity index (χ2v) is 4.19. The molecule has 0 fully saturated rings. The number of rotatable bonds is 7. The van der Waals surface area contributed by atoms with Gasteiger partial charge in [0.2, 0.25) is 0 Å². The number of nitrogens with one attached hydrogen (secondary N) is 1. The summed E-state index contributed by atoms with van der Waals surface area (Å²) in [5.74, 6) is 5.53. The van der Waals surface area contributed by atoms with Crippen molar-refractivity contribution < 1.29 is 4.74 Å². The maximum atomic E-state index is 5.53. The number of benzene rings is 1. The minimum Gasteiger partial charge on any atom is -0.379 e. The van der Waals surface area contributed by atoms with Crippen LogP contribution in [0, 0.1) is 0 Å². The van der Waals surface area contributed by atoms with Crippen LogP contribution in [0.4, 0.5) is 0 Å². The molecule has 1 aromatic carbocycles. The molecule has 6 heteroatoms. The van der Waals surface area contributed by atoms with Crippen LogP contribution in [0.5, 0.6) is 0 Å². The van der Waals surface area contributed by atoms with Crippen LogP contribution < -0.4 is 11.3 Å². The number of aromatic nitrogens is 3. The lowest BCUT2D eigenvalue weighted by atomic mass is 10.2. The Hall–Kier alpha value is -1.76. The zero-order valence-corrected chi connectivity index (χ0v) is 11.0. The first-order valence-corrected chi connectivity index (χ1v) is 6.36. The number of hydrogen-bond acceptors (Lipinski definition) is 5. The van der Waals surface area contributed by atoms with Gasteiger partial charge in [0.15, 0.2) is 0 Å². The van der Waals surface area contributed by atoms with E-state index in [0.29, 0.717) is 13.2 Å². The minimum absolute atomic E-state index is 0.149. The second kappa shape index (κ2) is 6.98. The molecule has 0 spiro atoms. The number of hydrogen-bond donors (Lipinski definition) is 2. The number of ether oxygens (including phenoxy) is 1. The lowest BCUT2D eigenvalue weighted by molar-refractivity contribution is 0.111. The van der Waals surface area contributed by atoms with Crippen LogP contribution >= 0.6 is 0 Å². The first-order chi connectivity index (χ1) is 9.35. The van der Waals surface area contributed by atoms with Crippen LogP contribution in [0.15, 0.2) is 36.5 Å². The molecule has 1 heterocycles. The molecule has 0 bridgehead atoms. The Morgan fingerprint density at radius 2 is 2.16 bits per heavy atom. The fourth-order valence-corrected chi connectivity index (χ4v) is 1.68. The largest absolute Gasteiger partial charge is 0.379 e. The third-order valence-electron chi connectivity index (χ3n) is 2.69. The predicted octanol–water partition coefficient (Wildman–Crippen LogP) is 1.20. The zero-order valence-electron chi connectivity index (χ0n) is 11.0. The molecule has 2 aromatic rings. The highest BCUT2D eigenvalue weighted by molar-refractivity contribution is 5.28. The molecule has 2 rings (SSSR count). The molecule has 0 saturated heterocycles. The van der Waals surface area contributed by atoms with Gasteiger partial charge in [0.1, 0.15) is 5.69 Å². The summed E-state index contributed by atoms with van der Waals surface area (Å²) in [5, 5.41) is 8.65. The molecule has 3 N–H and O–H groups in total. The van der Waals surface area contributed by atoms with E-state index in [4.69, 9.17) is 10.6 Å². The Bertz CT molecular complexity index is 485. The molecule has 0 saturated carbocycles. The smallest absolute Gasteiger partial charge is 0.104 e. The van der Waals surface area contributed by atoms with Crippen molar-refractivity contribution in [2.45, 2.75) is 19.4 Å². The Balaban J connectivity index is 2.06. The summed E-state index contributed by atoms with van der Waals surface area (Å²) in [4.78, 5) is 1.58. The van der Waals surface area contributed by atoms with E-state index in [1.54, 1.807) is 11.0 Å². The Morgan fingerprint density at radius 3 is 2.84 bits per heavy atom. The minimum atomic E-state index is -0.149. The molecule has 0 amide bonds. The lowest BCUT2D eigenvalue weighted by Crippen LogP contribution is -2.32. The van der Waals surface area contributed by atoms with Gasteiger partial charge in [-0.1, -0.05) is 25.1 Å². The van der Waals surface area contributed by atoms with Crippen LogP contribution in [-0.4, -0.2) is 28.2 Å². The SMILES string of the molecule is CCCOCC(NN)c1cnn(-c2ccccc2)n1. The second-order valence-electron chi connectivity index (χ2n) is 4.19. The highest BCUT2D eigenvalue weighted by atomic mass is 16.5. The van der Waals surface area contributed by atoms with E-state index in [1.807, 2.05) is 30.3 Å². The molecule has 0 aliphatic rings. The number of para-hydroxylation sites is 1. The van der Waals surface area contributed by atoms with Crippen molar-refractivity contribution in [1.82, 2.24) is 20.4 Å². The van der Waals surface area contributed by atoms with Gasteiger partial charge in [-0.15, -0.1) is 0 Å². The van der Waals surface area contributed by atoms with Gasteiger partial charge in [0.25, 0.3) is 0 Å². The van der Waals surface area contributed by atoms with Crippen LogP contribution in [0.2, 0.25) is 0 Å². The monoisotopic (exact) mass is 261 g/mol. The van der Waals surface area contributed by atoms with Crippen molar-refractivity contribution in [2.75, 3.05) is 13.2 Å². The van der Waals surface area contributed by atoms with Crippen molar-refractivity contribution >= 4 is 0 Å². The topological polar surface area (TPSA) is 78.0 Å². The maximum Gasteiger partial charge on any atom is 0.104 e. The summed E-state index contributed by atoms with van der Waals surface area (Å²) in [7, 11) is 0. The molecular weight excluding hydrogens is 242 g/mol. The number of nitrogens with zero attached hydrogens (tertiary/aromatic N) is 3. The van der Waals surface area contributed by atoms with Crippen molar-refractivity contribution in [3.8, 4) is 5.69 Å².